The Morgan fingerprint density at radius 2 is 1.83 bits per heavy atom. The first-order chi connectivity index (χ1) is 8.69. The molecule has 1 aromatic carbocycles. The standard InChI is InChI=1S/C15H17BrOS/c1-2-13-7-8-14(18-13)10-12(17)9-11-5-3-4-6-15(11)16/h3-8,12,17H,2,9-10H2,1H3. The number of aliphatic hydroxyl groups excluding tert-OH is 1. The van der Waals surface area contributed by atoms with Crippen molar-refractivity contribution in [2.75, 3.05) is 0 Å². The van der Waals surface area contributed by atoms with E-state index in [1.165, 1.54) is 9.75 Å². The molecule has 0 saturated carbocycles. The summed E-state index contributed by atoms with van der Waals surface area (Å²) in [5.74, 6) is 0. The monoisotopic (exact) mass is 324 g/mol. The number of rotatable bonds is 5. The molecule has 3 heteroatoms. The number of benzene rings is 1. The van der Waals surface area contributed by atoms with Crippen molar-refractivity contribution in [1.29, 1.82) is 0 Å². The topological polar surface area (TPSA) is 20.2 Å². The van der Waals surface area contributed by atoms with E-state index < -0.39 is 0 Å². The fourth-order valence-electron chi connectivity index (χ4n) is 1.94. The molecule has 0 spiro atoms. The summed E-state index contributed by atoms with van der Waals surface area (Å²) in [6.45, 7) is 2.16. The molecule has 1 heterocycles. The Morgan fingerprint density at radius 1 is 1.11 bits per heavy atom. The third kappa shape index (κ3) is 3.67. The van der Waals surface area contributed by atoms with Gasteiger partial charge in [-0.1, -0.05) is 41.1 Å². The molecule has 0 radical (unpaired) electrons. The summed E-state index contributed by atoms with van der Waals surface area (Å²) in [6, 6.07) is 12.4. The molecule has 1 atom stereocenters. The molecule has 0 aliphatic heterocycles. The Bertz CT molecular complexity index is 507. The molecule has 1 unspecified atom stereocenters. The minimum absolute atomic E-state index is 0.313. The van der Waals surface area contributed by atoms with Crippen molar-refractivity contribution in [1.82, 2.24) is 0 Å². The molecule has 0 fully saturated rings. The average molecular weight is 325 g/mol. The van der Waals surface area contributed by atoms with Crippen molar-refractivity contribution in [3.05, 3.63) is 56.2 Å². The summed E-state index contributed by atoms with van der Waals surface area (Å²) in [6.07, 6.45) is 2.20. The van der Waals surface area contributed by atoms with E-state index in [-0.39, 0.29) is 6.10 Å². The van der Waals surface area contributed by atoms with Crippen molar-refractivity contribution in [3.8, 4) is 0 Å². The first kappa shape index (κ1) is 13.8. The molecule has 0 aliphatic carbocycles. The van der Waals surface area contributed by atoms with Gasteiger partial charge in [-0.3, -0.25) is 0 Å². The van der Waals surface area contributed by atoms with Gasteiger partial charge in [-0.15, -0.1) is 11.3 Å². The molecule has 2 rings (SSSR count). The summed E-state index contributed by atoms with van der Waals surface area (Å²) < 4.78 is 1.07. The predicted octanol–water partition coefficient (Wildman–Crippen LogP) is 4.22. The zero-order valence-electron chi connectivity index (χ0n) is 10.4. The number of thiophene rings is 1. The maximum atomic E-state index is 10.1. The van der Waals surface area contributed by atoms with Crippen LogP contribution in [0.2, 0.25) is 0 Å². The Kier molecular flexibility index (Phi) is 4.98. The van der Waals surface area contributed by atoms with Crippen molar-refractivity contribution in [2.45, 2.75) is 32.3 Å². The van der Waals surface area contributed by atoms with Gasteiger partial charge in [0.25, 0.3) is 0 Å². The SMILES string of the molecule is CCc1ccc(CC(O)Cc2ccccc2Br)s1. The van der Waals surface area contributed by atoms with Crippen molar-refractivity contribution in [2.24, 2.45) is 0 Å². The van der Waals surface area contributed by atoms with E-state index in [4.69, 9.17) is 0 Å². The largest absolute Gasteiger partial charge is 0.392 e. The third-order valence-electron chi connectivity index (χ3n) is 2.92. The van der Waals surface area contributed by atoms with Gasteiger partial charge in [0.15, 0.2) is 0 Å². The second kappa shape index (κ2) is 6.50. The smallest absolute Gasteiger partial charge is 0.0629 e. The lowest BCUT2D eigenvalue weighted by molar-refractivity contribution is 0.176. The second-order valence-corrected chi connectivity index (χ2v) is 6.48. The van der Waals surface area contributed by atoms with Crippen LogP contribution < -0.4 is 0 Å². The van der Waals surface area contributed by atoms with Crippen LogP contribution in [0, 0.1) is 0 Å². The highest BCUT2D eigenvalue weighted by molar-refractivity contribution is 9.10. The summed E-state index contributed by atoms with van der Waals surface area (Å²) >= 11 is 5.32. The van der Waals surface area contributed by atoms with Gasteiger partial charge in [0.2, 0.25) is 0 Å². The fraction of sp³-hybridized carbons (Fsp3) is 0.333. The van der Waals surface area contributed by atoms with Crippen LogP contribution >= 0.6 is 27.3 Å². The number of aryl methyl sites for hydroxylation is 1. The van der Waals surface area contributed by atoms with Gasteiger partial charge < -0.3 is 5.11 Å². The van der Waals surface area contributed by atoms with E-state index in [1.54, 1.807) is 11.3 Å². The first-order valence-corrected chi connectivity index (χ1v) is 7.79. The van der Waals surface area contributed by atoms with Crippen LogP contribution in [-0.4, -0.2) is 11.2 Å². The molecule has 2 aromatic rings. The van der Waals surface area contributed by atoms with Gasteiger partial charge in [-0.25, -0.2) is 0 Å². The molecular formula is C15H17BrOS. The zero-order valence-corrected chi connectivity index (χ0v) is 12.8. The predicted molar refractivity (Wildman–Crippen MR) is 81.3 cm³/mol. The molecule has 1 aromatic heterocycles. The van der Waals surface area contributed by atoms with E-state index in [0.29, 0.717) is 6.42 Å². The fourth-order valence-corrected chi connectivity index (χ4v) is 3.42. The minimum Gasteiger partial charge on any atom is -0.392 e. The van der Waals surface area contributed by atoms with Crippen LogP contribution in [0.1, 0.15) is 22.2 Å². The van der Waals surface area contributed by atoms with E-state index in [2.05, 4.69) is 41.1 Å². The minimum atomic E-state index is -0.313. The summed E-state index contributed by atoms with van der Waals surface area (Å²) in [5, 5.41) is 10.1. The van der Waals surface area contributed by atoms with Gasteiger partial charge in [0.1, 0.15) is 0 Å². The van der Waals surface area contributed by atoms with Crippen LogP contribution in [0.5, 0.6) is 0 Å². The number of halogens is 1. The normalized spacial score (nSPS) is 12.6. The van der Waals surface area contributed by atoms with Crippen molar-refractivity contribution < 1.29 is 5.11 Å². The van der Waals surface area contributed by atoms with Crippen LogP contribution in [0.15, 0.2) is 40.9 Å². The molecule has 0 aliphatic rings. The summed E-state index contributed by atoms with van der Waals surface area (Å²) in [4.78, 5) is 2.66. The van der Waals surface area contributed by atoms with E-state index in [0.717, 1.165) is 22.9 Å². The molecule has 0 amide bonds. The zero-order chi connectivity index (χ0) is 13.0. The molecule has 1 N–H and O–H groups in total. The van der Waals surface area contributed by atoms with E-state index >= 15 is 0 Å². The molecule has 1 nitrogen and oxygen atoms in total. The van der Waals surface area contributed by atoms with Crippen LogP contribution in [0.4, 0.5) is 0 Å². The number of hydrogen-bond acceptors (Lipinski definition) is 2. The second-order valence-electron chi connectivity index (χ2n) is 4.38. The molecule has 96 valence electrons. The first-order valence-electron chi connectivity index (χ1n) is 6.18. The Balaban J connectivity index is 1.96. The molecular weight excluding hydrogens is 308 g/mol. The highest BCUT2D eigenvalue weighted by Gasteiger charge is 2.10. The van der Waals surface area contributed by atoms with Crippen LogP contribution in [0.25, 0.3) is 0 Å². The van der Waals surface area contributed by atoms with Crippen LogP contribution in [0.3, 0.4) is 0 Å². The van der Waals surface area contributed by atoms with Gasteiger partial charge in [0, 0.05) is 20.6 Å². The summed E-state index contributed by atoms with van der Waals surface area (Å²) in [7, 11) is 0. The maximum Gasteiger partial charge on any atom is 0.0629 e. The van der Waals surface area contributed by atoms with Crippen LogP contribution in [-0.2, 0) is 19.3 Å². The number of aliphatic hydroxyl groups is 1. The lowest BCUT2D eigenvalue weighted by Gasteiger charge is -2.10. The van der Waals surface area contributed by atoms with E-state index in [9.17, 15) is 5.11 Å². The molecule has 0 bridgehead atoms. The molecule has 0 saturated heterocycles. The highest BCUT2D eigenvalue weighted by atomic mass is 79.9. The maximum absolute atomic E-state index is 10.1. The lowest BCUT2D eigenvalue weighted by Crippen LogP contribution is -2.13. The summed E-state index contributed by atoms with van der Waals surface area (Å²) in [5.41, 5.74) is 1.16. The van der Waals surface area contributed by atoms with Crippen molar-refractivity contribution in [3.63, 3.8) is 0 Å². The Morgan fingerprint density at radius 3 is 2.50 bits per heavy atom. The average Bonchev–Trinajstić information content (AvgIpc) is 2.80. The van der Waals surface area contributed by atoms with Crippen molar-refractivity contribution >= 4 is 27.3 Å². The number of hydrogen-bond donors (Lipinski definition) is 1. The van der Waals surface area contributed by atoms with Gasteiger partial charge in [0.05, 0.1) is 6.10 Å². The highest BCUT2D eigenvalue weighted by Crippen LogP contribution is 2.22. The Labute approximate surface area is 121 Å². The quantitative estimate of drug-likeness (QED) is 0.873. The third-order valence-corrected chi connectivity index (χ3v) is 4.94. The van der Waals surface area contributed by atoms with Gasteiger partial charge >= 0.3 is 0 Å². The lowest BCUT2D eigenvalue weighted by atomic mass is 10.1. The van der Waals surface area contributed by atoms with Gasteiger partial charge in [-0.05, 0) is 36.6 Å². The molecule has 18 heavy (non-hydrogen) atoms. The van der Waals surface area contributed by atoms with E-state index in [1.807, 2.05) is 18.2 Å². The Hall–Kier alpha value is -0.640. The van der Waals surface area contributed by atoms with Gasteiger partial charge in [-0.2, -0.15) is 0 Å².